The molecule has 0 aliphatic heterocycles. The minimum absolute atomic E-state index is 0.301. The van der Waals surface area contributed by atoms with E-state index in [-0.39, 0.29) is 0 Å². The van der Waals surface area contributed by atoms with E-state index in [9.17, 15) is 0 Å². The molecule has 17 heavy (non-hydrogen) atoms. The van der Waals surface area contributed by atoms with Crippen LogP contribution in [0.1, 0.15) is 0 Å². The summed E-state index contributed by atoms with van der Waals surface area (Å²) in [5.41, 5.74) is 0.772. The van der Waals surface area contributed by atoms with Crippen LogP contribution in [0.2, 0.25) is 10.3 Å². The number of halogens is 3. The molecular formula is C11H7BrCl2N2O. The molecule has 0 saturated heterocycles. The van der Waals surface area contributed by atoms with E-state index in [1.165, 1.54) is 6.07 Å². The van der Waals surface area contributed by atoms with Crippen molar-refractivity contribution in [2.45, 2.75) is 0 Å². The molecule has 0 spiro atoms. The second-order valence-corrected chi connectivity index (χ2v) is 4.81. The number of nitrogens with zero attached hydrogens (tertiary/aromatic N) is 2. The predicted octanol–water partition coefficient (Wildman–Crippen LogP) is 4.22. The van der Waals surface area contributed by atoms with Gasteiger partial charge in [0.15, 0.2) is 5.82 Å². The Hall–Kier alpha value is -0.840. The van der Waals surface area contributed by atoms with E-state index in [1.807, 2.05) is 18.2 Å². The maximum Gasteiger partial charge on any atom is 0.163 e. The summed E-state index contributed by atoms with van der Waals surface area (Å²) in [6.07, 6.45) is 0. The zero-order chi connectivity index (χ0) is 12.4. The average molecular weight is 334 g/mol. The van der Waals surface area contributed by atoms with Crippen molar-refractivity contribution >= 4 is 39.1 Å². The third kappa shape index (κ3) is 2.89. The average Bonchev–Trinajstić information content (AvgIpc) is 2.28. The van der Waals surface area contributed by atoms with E-state index in [1.54, 1.807) is 7.11 Å². The Labute approximate surface area is 117 Å². The van der Waals surface area contributed by atoms with Crippen LogP contribution in [0, 0.1) is 0 Å². The highest BCUT2D eigenvalue weighted by Crippen LogP contribution is 2.30. The van der Waals surface area contributed by atoms with Crippen LogP contribution in [0.3, 0.4) is 0 Å². The zero-order valence-electron chi connectivity index (χ0n) is 8.75. The SMILES string of the molecule is COc1ccc(Br)c(-c2nc(Cl)cc(Cl)n2)c1. The maximum absolute atomic E-state index is 5.84. The van der Waals surface area contributed by atoms with E-state index >= 15 is 0 Å². The van der Waals surface area contributed by atoms with Gasteiger partial charge >= 0.3 is 0 Å². The van der Waals surface area contributed by atoms with Crippen LogP contribution < -0.4 is 4.74 Å². The van der Waals surface area contributed by atoms with Crippen LogP contribution in [-0.4, -0.2) is 17.1 Å². The quantitative estimate of drug-likeness (QED) is 0.772. The predicted molar refractivity (Wildman–Crippen MR) is 71.7 cm³/mol. The van der Waals surface area contributed by atoms with Gasteiger partial charge in [-0.2, -0.15) is 0 Å². The molecule has 0 N–H and O–H groups in total. The first-order valence-electron chi connectivity index (χ1n) is 4.64. The van der Waals surface area contributed by atoms with E-state index < -0.39 is 0 Å². The van der Waals surface area contributed by atoms with E-state index in [2.05, 4.69) is 25.9 Å². The fourth-order valence-corrected chi connectivity index (χ4v) is 2.16. The fourth-order valence-electron chi connectivity index (χ4n) is 1.31. The summed E-state index contributed by atoms with van der Waals surface area (Å²) in [5.74, 6) is 1.16. The number of hydrogen-bond donors (Lipinski definition) is 0. The summed E-state index contributed by atoms with van der Waals surface area (Å²) < 4.78 is 5.99. The van der Waals surface area contributed by atoms with Gasteiger partial charge in [0.05, 0.1) is 7.11 Å². The van der Waals surface area contributed by atoms with Gasteiger partial charge in [-0.25, -0.2) is 9.97 Å². The van der Waals surface area contributed by atoms with Crippen molar-refractivity contribution in [2.24, 2.45) is 0 Å². The second-order valence-electron chi connectivity index (χ2n) is 3.18. The molecule has 1 aromatic heterocycles. The molecule has 1 aromatic carbocycles. The molecule has 0 atom stereocenters. The Bertz CT molecular complexity index is 543. The Balaban J connectivity index is 2.58. The van der Waals surface area contributed by atoms with Crippen LogP contribution in [-0.2, 0) is 0 Å². The highest BCUT2D eigenvalue weighted by molar-refractivity contribution is 9.10. The van der Waals surface area contributed by atoms with Crippen molar-refractivity contribution in [3.8, 4) is 17.1 Å². The monoisotopic (exact) mass is 332 g/mol. The summed E-state index contributed by atoms with van der Waals surface area (Å²) in [6, 6.07) is 6.98. The van der Waals surface area contributed by atoms with Gasteiger partial charge in [-0.1, -0.05) is 39.1 Å². The molecule has 0 amide bonds. The summed E-state index contributed by atoms with van der Waals surface area (Å²) in [5, 5.41) is 0.601. The first kappa shape index (κ1) is 12.6. The Morgan fingerprint density at radius 2 is 1.76 bits per heavy atom. The van der Waals surface area contributed by atoms with Gasteiger partial charge in [0, 0.05) is 16.1 Å². The maximum atomic E-state index is 5.84. The second kappa shape index (κ2) is 5.21. The third-order valence-electron chi connectivity index (χ3n) is 2.08. The first-order chi connectivity index (χ1) is 8.10. The molecule has 0 aliphatic rings. The van der Waals surface area contributed by atoms with E-state index in [0.29, 0.717) is 21.9 Å². The topological polar surface area (TPSA) is 35.0 Å². The molecule has 1 heterocycles. The lowest BCUT2D eigenvalue weighted by molar-refractivity contribution is 0.415. The van der Waals surface area contributed by atoms with E-state index in [0.717, 1.165) is 10.0 Å². The Kier molecular flexibility index (Phi) is 3.86. The molecule has 2 rings (SSSR count). The molecule has 0 unspecified atom stereocenters. The lowest BCUT2D eigenvalue weighted by Crippen LogP contribution is -1.92. The molecule has 3 nitrogen and oxygen atoms in total. The fraction of sp³-hybridized carbons (Fsp3) is 0.0909. The summed E-state index contributed by atoms with van der Waals surface area (Å²) in [7, 11) is 1.60. The number of rotatable bonds is 2. The van der Waals surface area contributed by atoms with Crippen molar-refractivity contribution in [2.75, 3.05) is 7.11 Å². The number of hydrogen-bond acceptors (Lipinski definition) is 3. The van der Waals surface area contributed by atoms with Gasteiger partial charge < -0.3 is 4.74 Å². The highest BCUT2D eigenvalue weighted by atomic mass is 79.9. The molecule has 0 saturated carbocycles. The number of ether oxygens (including phenoxy) is 1. The van der Waals surface area contributed by atoms with Gasteiger partial charge in [-0.05, 0) is 18.2 Å². The number of methoxy groups -OCH3 is 1. The Morgan fingerprint density at radius 3 is 2.35 bits per heavy atom. The zero-order valence-corrected chi connectivity index (χ0v) is 11.8. The summed E-state index contributed by atoms with van der Waals surface area (Å²) in [4.78, 5) is 8.25. The molecule has 0 fully saturated rings. The molecule has 6 heteroatoms. The summed E-state index contributed by atoms with van der Waals surface area (Å²) in [6.45, 7) is 0. The van der Waals surface area contributed by atoms with Crippen molar-refractivity contribution in [1.82, 2.24) is 9.97 Å². The molecule has 88 valence electrons. The van der Waals surface area contributed by atoms with Crippen LogP contribution in [0.25, 0.3) is 11.4 Å². The number of aromatic nitrogens is 2. The van der Waals surface area contributed by atoms with Gasteiger partial charge in [0.2, 0.25) is 0 Å². The highest BCUT2D eigenvalue weighted by Gasteiger charge is 2.10. The molecule has 0 bridgehead atoms. The summed E-state index contributed by atoms with van der Waals surface area (Å²) >= 11 is 15.1. The van der Waals surface area contributed by atoms with Crippen LogP contribution in [0.15, 0.2) is 28.7 Å². The smallest absolute Gasteiger partial charge is 0.163 e. The lowest BCUT2D eigenvalue weighted by Gasteiger charge is -2.06. The van der Waals surface area contributed by atoms with Crippen LogP contribution in [0.4, 0.5) is 0 Å². The van der Waals surface area contributed by atoms with Crippen LogP contribution >= 0.6 is 39.1 Å². The van der Waals surface area contributed by atoms with Crippen LogP contribution in [0.5, 0.6) is 5.75 Å². The van der Waals surface area contributed by atoms with E-state index in [4.69, 9.17) is 27.9 Å². The first-order valence-corrected chi connectivity index (χ1v) is 6.19. The van der Waals surface area contributed by atoms with Gasteiger partial charge in [-0.15, -0.1) is 0 Å². The molecular weight excluding hydrogens is 327 g/mol. The largest absolute Gasteiger partial charge is 0.497 e. The molecule has 0 radical (unpaired) electrons. The third-order valence-corrected chi connectivity index (χ3v) is 3.16. The number of benzene rings is 1. The van der Waals surface area contributed by atoms with Gasteiger partial charge in [-0.3, -0.25) is 0 Å². The molecule has 0 aliphatic carbocycles. The van der Waals surface area contributed by atoms with Crippen molar-refractivity contribution in [3.63, 3.8) is 0 Å². The standard InChI is InChI=1S/C11H7BrCl2N2O/c1-17-6-2-3-8(12)7(4-6)11-15-9(13)5-10(14)16-11/h2-5H,1H3. The van der Waals surface area contributed by atoms with Crippen molar-refractivity contribution < 1.29 is 4.74 Å². The lowest BCUT2D eigenvalue weighted by atomic mass is 10.2. The normalized spacial score (nSPS) is 10.4. The molecule has 2 aromatic rings. The van der Waals surface area contributed by atoms with Gasteiger partial charge in [0.1, 0.15) is 16.1 Å². The Morgan fingerprint density at radius 1 is 1.12 bits per heavy atom. The van der Waals surface area contributed by atoms with Gasteiger partial charge in [0.25, 0.3) is 0 Å². The van der Waals surface area contributed by atoms with Crippen molar-refractivity contribution in [3.05, 3.63) is 39.0 Å². The minimum atomic E-state index is 0.301. The van der Waals surface area contributed by atoms with Crippen molar-refractivity contribution in [1.29, 1.82) is 0 Å². The minimum Gasteiger partial charge on any atom is -0.497 e.